The first-order valence-corrected chi connectivity index (χ1v) is 49.9. The third-order valence-corrected chi connectivity index (χ3v) is 29.6. The minimum absolute atomic E-state index is 0.00332. The van der Waals surface area contributed by atoms with Gasteiger partial charge in [0, 0.05) is 159 Å². The molecule has 38 heteroatoms. The molecule has 133 heavy (non-hydrogen) atoms. The van der Waals surface area contributed by atoms with Crippen molar-refractivity contribution in [2.45, 2.75) is 291 Å². The van der Waals surface area contributed by atoms with Gasteiger partial charge in [-0.2, -0.15) is 0 Å². The smallest absolute Gasteiger partial charge is 0.283 e. The standard InChI is InChI=1S/C25H33F2N5O3S.C24H31N5O3S.2C23H31N5O3S/c1-13-7-6-10-32(13)24(35)19-20(36-23(30-19)22(34)29-16-8-5-9-17(16)33)15-12-28-18(31-25(2,3)4)11-14(15)21(26)27;1-13(2)26-19-8-14(3)18(10-25-19)21-20(23(30)29-7-5-6-15(29)4)27-22(33-21)24(31)28-11-16-9-17(12-28)32-16;1-12(2)25-18-10-13(3)15(11-24-18)20-19(23(31)28-9-5-6-14(28)4)27-22(32-20)21(30)26-16-7-8-17(16)29;1-14(2)25-18-12-15(3)17(13-24-18)20-19(22(29)28-7-5-6-16(28)4)26-21(32-20)23(30)27-8-10-31-11-9-27/h11-13,16-17,21,33H,5-10H2,1-4H3,(H,28,31)(H,29,34);8,10,13,15-17H,5-7,9,11-12H2,1-4H3,(H,25,26);10-12,14,16-17,29H,5-9H2,1-4H3,(H,24,25)(H,26,30);12-14,16H,5-11H2,1-4H3,(H,24,25)/t13-,16?,17-;15-,16?,17?;14-,16+,17-;16-/m0000/s1. The molecule has 10 aliphatic rings. The molecule has 8 N–H and O–H groups in total. The van der Waals surface area contributed by atoms with E-state index in [2.05, 4.69) is 113 Å². The number of piperidine rings is 1. The molecule has 16 heterocycles. The first kappa shape index (κ1) is 98.8. The number of aromatic nitrogens is 8. The molecular weight excluding hydrogens is 1780 g/mol. The highest BCUT2D eigenvalue weighted by atomic mass is 32.1. The van der Waals surface area contributed by atoms with Gasteiger partial charge in [0.2, 0.25) is 0 Å². The second-order valence-corrected chi connectivity index (χ2v) is 42.2. The van der Waals surface area contributed by atoms with Gasteiger partial charge in [-0.1, -0.05) is 0 Å². The van der Waals surface area contributed by atoms with E-state index in [4.69, 9.17) is 9.47 Å². The normalized spacial score (nSPS) is 22.1. The highest BCUT2D eigenvalue weighted by molar-refractivity contribution is 7.18. The van der Waals surface area contributed by atoms with E-state index in [1.807, 2.05) is 107 Å². The summed E-state index contributed by atoms with van der Waals surface area (Å²) in [6.07, 6.45) is 15.0. The number of nitrogens with one attached hydrogen (secondary N) is 6. The molecule has 2 saturated carbocycles. The Balaban J connectivity index is 0.000000143. The Kier molecular flexibility index (Phi) is 31.8. The first-order valence-electron chi connectivity index (χ1n) is 46.7. The molecule has 2 aliphatic carbocycles. The molecule has 0 spiro atoms. The van der Waals surface area contributed by atoms with Crippen LogP contribution in [0.1, 0.15) is 290 Å². The minimum Gasteiger partial charge on any atom is -0.391 e. The van der Waals surface area contributed by atoms with Crippen LogP contribution in [0.5, 0.6) is 0 Å². The zero-order valence-electron chi connectivity index (χ0n) is 78.8. The molecule has 2 bridgehead atoms. The average Bonchev–Trinajstić information content (AvgIpc) is 1.68. The predicted molar refractivity (Wildman–Crippen MR) is 513 cm³/mol. The van der Waals surface area contributed by atoms with E-state index in [1.165, 1.54) is 46.3 Å². The largest absolute Gasteiger partial charge is 0.391 e. The number of aliphatic hydroxyl groups is 2. The molecule has 18 rings (SSSR count). The fourth-order valence-electron chi connectivity index (χ4n) is 18.0. The number of anilines is 4. The number of thiazole rings is 4. The summed E-state index contributed by atoms with van der Waals surface area (Å²) in [7, 11) is 0. The molecule has 3 unspecified atom stereocenters. The van der Waals surface area contributed by atoms with Crippen LogP contribution in [-0.4, -0.2) is 277 Å². The number of amides is 8. The fourth-order valence-corrected chi connectivity index (χ4v) is 22.3. The number of morpholine rings is 2. The summed E-state index contributed by atoms with van der Waals surface area (Å²) in [5.74, 6) is 0.769. The monoisotopic (exact) mass is 1900 g/mol. The topological polar surface area (TPSA) is 390 Å². The van der Waals surface area contributed by atoms with Crippen molar-refractivity contribution >= 4 is 116 Å². The molecule has 10 fully saturated rings. The Morgan fingerprint density at radius 1 is 0.429 bits per heavy atom. The van der Waals surface area contributed by atoms with Crippen LogP contribution in [0.25, 0.3) is 41.8 Å². The van der Waals surface area contributed by atoms with Gasteiger partial charge in [-0.15, -0.1) is 45.3 Å². The van der Waals surface area contributed by atoms with E-state index in [1.54, 1.807) is 28.4 Å². The highest BCUT2D eigenvalue weighted by Gasteiger charge is 2.44. The number of ether oxygens (including phenoxy) is 2. The molecule has 32 nitrogen and oxygen atoms in total. The van der Waals surface area contributed by atoms with Gasteiger partial charge < -0.3 is 81.0 Å². The van der Waals surface area contributed by atoms with Crippen LogP contribution in [0.3, 0.4) is 0 Å². The van der Waals surface area contributed by atoms with Crippen LogP contribution in [0.15, 0.2) is 49.1 Å². The Bertz CT molecular complexity index is 5560. The van der Waals surface area contributed by atoms with E-state index in [0.29, 0.717) is 114 Å². The van der Waals surface area contributed by atoms with Crippen molar-refractivity contribution in [1.29, 1.82) is 0 Å². The number of hydrogen-bond donors (Lipinski definition) is 8. The molecule has 8 aromatic heterocycles. The van der Waals surface area contributed by atoms with Crippen molar-refractivity contribution in [2.24, 2.45) is 0 Å². The summed E-state index contributed by atoms with van der Waals surface area (Å²) < 4.78 is 39.5. The molecular formula is C95H126F2N20O12S4. The molecule has 8 amide bonds. The molecule has 0 aromatic carbocycles. The van der Waals surface area contributed by atoms with Gasteiger partial charge in [-0.25, -0.2) is 48.7 Å². The van der Waals surface area contributed by atoms with Crippen LogP contribution < -0.4 is 31.9 Å². The molecule has 10 atom stereocenters. The Morgan fingerprint density at radius 3 is 1.08 bits per heavy atom. The minimum atomic E-state index is -2.83. The van der Waals surface area contributed by atoms with Gasteiger partial charge in [0.05, 0.1) is 69.2 Å². The number of likely N-dealkylation sites (tertiary alicyclic amines) is 4. The van der Waals surface area contributed by atoms with E-state index in [0.717, 1.165) is 151 Å². The number of aliphatic hydroxyl groups excluding tert-OH is 2. The number of carbonyl (C=O) groups is 8. The number of alkyl halides is 2. The maximum atomic E-state index is 14.2. The van der Waals surface area contributed by atoms with E-state index < -0.39 is 30.6 Å². The maximum absolute atomic E-state index is 14.2. The van der Waals surface area contributed by atoms with E-state index in [9.17, 15) is 57.4 Å². The lowest BCUT2D eigenvalue weighted by Gasteiger charge is -2.46. The third kappa shape index (κ3) is 23.3. The van der Waals surface area contributed by atoms with Crippen LogP contribution in [-0.2, 0) is 9.47 Å². The van der Waals surface area contributed by atoms with E-state index in [-0.39, 0.29) is 139 Å². The number of nitrogens with zero attached hydrogens (tertiary/aromatic N) is 14. The van der Waals surface area contributed by atoms with Crippen molar-refractivity contribution in [3.8, 4) is 41.8 Å². The number of halogens is 2. The summed E-state index contributed by atoms with van der Waals surface area (Å²) in [5, 5.41) is 39.5. The van der Waals surface area contributed by atoms with Crippen molar-refractivity contribution < 1.29 is 66.8 Å². The van der Waals surface area contributed by atoms with Gasteiger partial charge in [0.15, 0.2) is 20.0 Å². The van der Waals surface area contributed by atoms with Crippen LogP contribution in [0, 0.1) is 20.8 Å². The average molecular weight is 1910 g/mol. The Hall–Kier alpha value is -10.2. The van der Waals surface area contributed by atoms with Gasteiger partial charge in [-0.05, 0) is 235 Å². The number of fused-ring (bicyclic) bond motifs is 2. The van der Waals surface area contributed by atoms with Crippen LogP contribution >= 0.6 is 45.3 Å². The Morgan fingerprint density at radius 2 is 0.767 bits per heavy atom. The molecule has 8 aliphatic heterocycles. The van der Waals surface area contributed by atoms with Crippen LogP contribution in [0.4, 0.5) is 32.1 Å². The van der Waals surface area contributed by atoms with Crippen molar-refractivity contribution in [3.63, 3.8) is 0 Å². The highest BCUT2D eigenvalue weighted by Crippen LogP contribution is 2.44. The quantitative estimate of drug-likeness (QED) is 0.0312. The van der Waals surface area contributed by atoms with Crippen molar-refractivity contribution in [1.82, 2.24) is 79.9 Å². The van der Waals surface area contributed by atoms with Gasteiger partial charge in [0.1, 0.15) is 46.0 Å². The zero-order chi connectivity index (χ0) is 95.3. The van der Waals surface area contributed by atoms with Crippen molar-refractivity contribution in [3.05, 3.63) is 114 Å². The summed E-state index contributed by atoms with van der Waals surface area (Å²) in [6, 6.07) is 7.82. The third-order valence-electron chi connectivity index (χ3n) is 25.3. The summed E-state index contributed by atoms with van der Waals surface area (Å²) >= 11 is 4.69. The first-order chi connectivity index (χ1) is 63.3. The lowest BCUT2D eigenvalue weighted by Crippen LogP contribution is -2.58. The number of hydrogen-bond acceptors (Lipinski definition) is 28. The van der Waals surface area contributed by atoms with Gasteiger partial charge in [0.25, 0.3) is 53.7 Å². The number of aryl methyl sites for hydroxylation is 3. The summed E-state index contributed by atoms with van der Waals surface area (Å²) in [4.78, 5) is 155. The molecule has 716 valence electrons. The zero-order valence-corrected chi connectivity index (χ0v) is 82.1. The molecule has 8 aromatic rings. The molecule has 0 radical (unpaired) electrons. The second kappa shape index (κ2) is 42.8. The lowest BCUT2D eigenvalue weighted by atomic mass is 9.89. The number of pyridine rings is 4. The predicted octanol–water partition coefficient (Wildman–Crippen LogP) is 14.8. The molecule has 8 saturated heterocycles. The summed E-state index contributed by atoms with van der Waals surface area (Å²) in [5.41, 5.74) is 5.83. The number of rotatable bonds is 22. The number of carbonyl (C=O) groups excluding carboxylic acids is 8. The van der Waals surface area contributed by atoms with Gasteiger partial charge in [-0.3, -0.25) is 38.4 Å². The summed E-state index contributed by atoms with van der Waals surface area (Å²) in [6.45, 7) is 38.1. The SMILES string of the molecule is C[C@H]1CCCN1C(=O)c1nc(C(=O)NC2CCC[C@@H]2O)sc1-c1cnc(NC(C)(C)C)cc1C(F)F.Cc1cc(NC(C)C)ncc1-c1sc(C(=O)N2CC3CC(C2)O3)nc1C(=O)N1CCC[C@@H]1C.Cc1cc(NC(C)C)ncc1-c1sc(C(=O)N2CCOCC2)nc1C(=O)N1CCC[C@@H]1C.Cc1cc(NC(C)C)ncc1-c1sc(C(=O)N[C@@H]2CC[C@@H]2O)nc1C(=O)N1CCC[C@@H]1C. The second-order valence-electron chi connectivity index (χ2n) is 38.2. The van der Waals surface area contributed by atoms with Crippen LogP contribution in [0.2, 0.25) is 0 Å². The Labute approximate surface area is 791 Å². The fraction of sp³-hybridized carbons (Fsp3) is 0.579. The van der Waals surface area contributed by atoms with E-state index >= 15 is 0 Å². The van der Waals surface area contributed by atoms with Gasteiger partial charge >= 0.3 is 0 Å². The van der Waals surface area contributed by atoms with Crippen molar-refractivity contribution in [2.75, 3.05) is 86.8 Å². The lowest BCUT2D eigenvalue weighted by molar-refractivity contribution is -0.171. The maximum Gasteiger partial charge on any atom is 0.283 e.